The van der Waals surface area contributed by atoms with E-state index in [-0.39, 0.29) is 5.91 Å². The largest absolute Gasteiger partial charge is 0.386 e. The highest BCUT2D eigenvalue weighted by molar-refractivity contribution is 9.10. The molecule has 0 aromatic carbocycles. The second kappa shape index (κ2) is 7.53. The van der Waals surface area contributed by atoms with Crippen LogP contribution in [0.25, 0.3) is 0 Å². The van der Waals surface area contributed by atoms with Crippen LogP contribution in [0.3, 0.4) is 0 Å². The Labute approximate surface area is 147 Å². The van der Waals surface area contributed by atoms with Crippen LogP contribution in [0.1, 0.15) is 21.3 Å². The summed E-state index contributed by atoms with van der Waals surface area (Å²) in [6.07, 6.45) is 2.81. The molecule has 5 nitrogen and oxygen atoms in total. The molecule has 1 aliphatic heterocycles. The van der Waals surface area contributed by atoms with Crippen LogP contribution in [0.15, 0.2) is 40.4 Å². The minimum absolute atomic E-state index is 0.0113. The molecule has 23 heavy (non-hydrogen) atoms. The molecule has 1 fully saturated rings. The predicted molar refractivity (Wildman–Crippen MR) is 93.6 cm³/mol. The number of piperazine rings is 1. The molecule has 0 spiro atoms. The summed E-state index contributed by atoms with van der Waals surface area (Å²) in [6.45, 7) is 3.50. The number of aliphatic hydroxyl groups excluding tert-OH is 1. The van der Waals surface area contributed by atoms with Gasteiger partial charge < -0.3 is 10.0 Å². The smallest absolute Gasteiger partial charge is 0.255 e. The van der Waals surface area contributed by atoms with Gasteiger partial charge in [0.1, 0.15) is 6.10 Å². The van der Waals surface area contributed by atoms with Crippen LogP contribution >= 0.6 is 27.3 Å². The lowest BCUT2D eigenvalue weighted by Crippen LogP contribution is -2.49. The third-order valence-electron chi connectivity index (χ3n) is 3.91. The van der Waals surface area contributed by atoms with Crippen molar-refractivity contribution in [3.63, 3.8) is 0 Å². The van der Waals surface area contributed by atoms with Gasteiger partial charge in [-0.1, -0.05) is 6.07 Å². The molecule has 3 heterocycles. The first-order valence-electron chi connectivity index (χ1n) is 7.47. The first kappa shape index (κ1) is 16.6. The normalized spacial score (nSPS) is 17.2. The minimum atomic E-state index is -0.452. The molecule has 0 aliphatic carbocycles. The minimum Gasteiger partial charge on any atom is -0.386 e. The van der Waals surface area contributed by atoms with Crippen molar-refractivity contribution in [1.29, 1.82) is 0 Å². The van der Waals surface area contributed by atoms with Crippen LogP contribution in [0.5, 0.6) is 0 Å². The highest BCUT2D eigenvalue weighted by Gasteiger charge is 2.24. The van der Waals surface area contributed by atoms with Gasteiger partial charge in [0.2, 0.25) is 0 Å². The topological polar surface area (TPSA) is 56.7 Å². The average Bonchev–Trinajstić information content (AvgIpc) is 3.09. The fourth-order valence-electron chi connectivity index (χ4n) is 2.66. The highest BCUT2D eigenvalue weighted by Crippen LogP contribution is 2.20. The summed E-state index contributed by atoms with van der Waals surface area (Å²) in [5.41, 5.74) is 0.603. The molecule has 0 saturated carbocycles. The first-order valence-corrected chi connectivity index (χ1v) is 9.14. The van der Waals surface area contributed by atoms with E-state index in [0.29, 0.717) is 25.2 Å². The summed E-state index contributed by atoms with van der Waals surface area (Å²) >= 11 is 4.91. The third-order valence-corrected chi connectivity index (χ3v) is 5.32. The van der Waals surface area contributed by atoms with Gasteiger partial charge in [-0.25, -0.2) is 0 Å². The Balaban J connectivity index is 1.53. The molecule has 1 unspecified atom stereocenters. The van der Waals surface area contributed by atoms with Gasteiger partial charge in [0.15, 0.2) is 0 Å². The number of aliphatic hydroxyl groups is 1. The fraction of sp³-hybridized carbons (Fsp3) is 0.375. The van der Waals surface area contributed by atoms with E-state index < -0.39 is 6.10 Å². The maximum Gasteiger partial charge on any atom is 0.255 e. The zero-order chi connectivity index (χ0) is 16.2. The van der Waals surface area contributed by atoms with Crippen molar-refractivity contribution in [2.24, 2.45) is 0 Å². The van der Waals surface area contributed by atoms with Crippen LogP contribution in [-0.2, 0) is 0 Å². The first-order chi connectivity index (χ1) is 11.1. The Morgan fingerprint density at radius 3 is 2.78 bits per heavy atom. The van der Waals surface area contributed by atoms with Gasteiger partial charge >= 0.3 is 0 Å². The Hall–Kier alpha value is -1.28. The standard InChI is InChI=1S/C16H18BrN3O2S/c17-13-8-12(9-18-10-13)16(22)20-5-3-19(4-6-20)11-14(21)15-2-1-7-23-15/h1-2,7-10,14,21H,3-6,11H2. The van der Waals surface area contributed by atoms with Crippen molar-refractivity contribution in [3.05, 3.63) is 50.9 Å². The molecule has 0 radical (unpaired) electrons. The van der Waals surface area contributed by atoms with Crippen molar-refractivity contribution in [1.82, 2.24) is 14.8 Å². The number of rotatable bonds is 4. The maximum atomic E-state index is 12.5. The van der Waals surface area contributed by atoms with Crippen LogP contribution < -0.4 is 0 Å². The molecular formula is C16H18BrN3O2S. The van der Waals surface area contributed by atoms with Crippen LogP contribution in [0.4, 0.5) is 0 Å². The number of hydrogen-bond donors (Lipinski definition) is 1. The van der Waals surface area contributed by atoms with Gasteiger partial charge in [-0.3, -0.25) is 14.7 Å². The van der Waals surface area contributed by atoms with Crippen molar-refractivity contribution in [2.75, 3.05) is 32.7 Å². The SMILES string of the molecule is O=C(c1cncc(Br)c1)N1CCN(CC(O)c2cccs2)CC1. The number of halogens is 1. The van der Waals surface area contributed by atoms with E-state index in [0.717, 1.165) is 22.4 Å². The molecule has 1 amide bonds. The molecule has 1 saturated heterocycles. The van der Waals surface area contributed by atoms with E-state index in [2.05, 4.69) is 25.8 Å². The molecule has 1 N–H and O–H groups in total. The lowest BCUT2D eigenvalue weighted by Gasteiger charge is -2.35. The van der Waals surface area contributed by atoms with Crippen molar-refractivity contribution >= 4 is 33.2 Å². The predicted octanol–water partition coefficient (Wildman–Crippen LogP) is 2.40. The highest BCUT2D eigenvalue weighted by atomic mass is 79.9. The summed E-state index contributed by atoms with van der Waals surface area (Å²) in [4.78, 5) is 21.5. The Morgan fingerprint density at radius 1 is 1.35 bits per heavy atom. The molecule has 3 rings (SSSR count). The molecule has 7 heteroatoms. The molecular weight excluding hydrogens is 378 g/mol. The molecule has 2 aromatic heterocycles. The molecule has 1 aliphatic rings. The van der Waals surface area contributed by atoms with Gasteiger partial charge in [0.25, 0.3) is 5.91 Å². The maximum absolute atomic E-state index is 12.5. The van der Waals surface area contributed by atoms with Gasteiger partial charge in [-0.2, -0.15) is 0 Å². The number of aromatic nitrogens is 1. The van der Waals surface area contributed by atoms with Gasteiger partial charge in [0, 0.05) is 54.5 Å². The summed E-state index contributed by atoms with van der Waals surface area (Å²) in [7, 11) is 0. The van der Waals surface area contributed by atoms with E-state index >= 15 is 0 Å². The number of carbonyl (C=O) groups excluding carboxylic acids is 1. The average molecular weight is 396 g/mol. The molecule has 0 bridgehead atoms. The van der Waals surface area contributed by atoms with Crippen molar-refractivity contribution < 1.29 is 9.90 Å². The molecule has 2 aromatic rings. The zero-order valence-corrected chi connectivity index (χ0v) is 15.0. The molecule has 1 atom stereocenters. The summed E-state index contributed by atoms with van der Waals surface area (Å²) in [5, 5.41) is 12.2. The number of carbonyl (C=O) groups is 1. The van der Waals surface area contributed by atoms with Crippen molar-refractivity contribution in [2.45, 2.75) is 6.10 Å². The monoisotopic (exact) mass is 395 g/mol. The summed E-state index contributed by atoms with van der Waals surface area (Å²) in [6, 6.07) is 5.70. The van der Waals surface area contributed by atoms with Crippen LogP contribution in [-0.4, -0.2) is 58.5 Å². The quantitative estimate of drug-likeness (QED) is 0.863. The second-order valence-electron chi connectivity index (χ2n) is 5.52. The Morgan fingerprint density at radius 2 is 2.13 bits per heavy atom. The number of pyridine rings is 1. The third kappa shape index (κ3) is 4.17. The van der Waals surface area contributed by atoms with E-state index in [4.69, 9.17) is 0 Å². The van der Waals surface area contributed by atoms with Crippen molar-refractivity contribution in [3.8, 4) is 0 Å². The second-order valence-corrected chi connectivity index (χ2v) is 7.41. The number of β-amino-alcohol motifs (C(OH)–C–C–N with tert-alkyl or cyclic N) is 1. The van der Waals surface area contributed by atoms with Crippen LogP contribution in [0.2, 0.25) is 0 Å². The van der Waals surface area contributed by atoms with Gasteiger partial charge in [-0.05, 0) is 33.4 Å². The van der Waals surface area contributed by atoms with E-state index in [1.807, 2.05) is 22.4 Å². The van der Waals surface area contributed by atoms with E-state index in [9.17, 15) is 9.90 Å². The Bertz CT molecular complexity index is 657. The van der Waals surface area contributed by atoms with E-state index in [1.165, 1.54) is 0 Å². The van der Waals surface area contributed by atoms with Gasteiger partial charge in [-0.15, -0.1) is 11.3 Å². The molecule has 122 valence electrons. The zero-order valence-electron chi connectivity index (χ0n) is 12.6. The number of amides is 1. The number of nitrogens with zero attached hydrogens (tertiary/aromatic N) is 3. The van der Waals surface area contributed by atoms with Gasteiger partial charge in [0.05, 0.1) is 5.56 Å². The lowest BCUT2D eigenvalue weighted by atomic mass is 10.2. The Kier molecular flexibility index (Phi) is 5.42. The van der Waals surface area contributed by atoms with Crippen LogP contribution in [0, 0.1) is 0 Å². The number of thiophene rings is 1. The number of hydrogen-bond acceptors (Lipinski definition) is 5. The lowest BCUT2D eigenvalue weighted by molar-refractivity contribution is 0.0532. The summed E-state index contributed by atoms with van der Waals surface area (Å²) < 4.78 is 0.807. The fourth-order valence-corrected chi connectivity index (χ4v) is 3.73. The summed E-state index contributed by atoms with van der Waals surface area (Å²) in [5.74, 6) is 0.0113. The van der Waals surface area contributed by atoms with E-state index in [1.54, 1.807) is 29.8 Å².